The molecule has 0 saturated carbocycles. The normalized spacial score (nSPS) is 20.1. The van der Waals surface area contributed by atoms with Crippen molar-refractivity contribution in [3.05, 3.63) is 22.8 Å². The summed E-state index contributed by atoms with van der Waals surface area (Å²) in [4.78, 5) is 12.7. The maximum atomic E-state index is 12.8. The van der Waals surface area contributed by atoms with E-state index in [4.69, 9.17) is 11.6 Å². The molecule has 2 aliphatic rings. The van der Waals surface area contributed by atoms with Crippen molar-refractivity contribution in [2.45, 2.75) is 44.3 Å². The molecule has 3 rings (SSSR count). The number of pyridine rings is 1. The van der Waals surface area contributed by atoms with E-state index >= 15 is 0 Å². The zero-order valence-electron chi connectivity index (χ0n) is 17.7. The Kier molecular flexibility index (Phi) is 10.4. The molecule has 1 atom stereocenters. The summed E-state index contributed by atoms with van der Waals surface area (Å²) in [6.07, 6.45) is 2.11. The molecule has 0 amide bonds. The molecule has 11 heteroatoms. The molecule has 1 aromatic heterocycles. The van der Waals surface area contributed by atoms with Crippen LogP contribution in [0, 0.1) is 0 Å². The second-order valence-electron chi connectivity index (χ2n) is 7.86. The van der Waals surface area contributed by atoms with Gasteiger partial charge in [0.05, 0.1) is 10.6 Å². The summed E-state index contributed by atoms with van der Waals surface area (Å²) in [6, 6.07) is 1.06. The Bertz CT molecular complexity index is 727. The molecule has 0 radical (unpaired) electrons. The van der Waals surface area contributed by atoms with Gasteiger partial charge in [0.2, 0.25) is 0 Å². The summed E-state index contributed by atoms with van der Waals surface area (Å²) >= 11 is 6.08. The average Bonchev–Trinajstić information content (AvgIpc) is 3.38. The third-order valence-corrected chi connectivity index (χ3v) is 5.87. The molecule has 6 nitrogen and oxygen atoms in total. The second kappa shape index (κ2) is 12.3. The highest BCUT2D eigenvalue weighted by atomic mass is 127. The average molecular weight is 575 g/mol. The van der Waals surface area contributed by atoms with Gasteiger partial charge in [-0.25, -0.2) is 4.98 Å². The Balaban J connectivity index is 0.00000341. The fraction of sp³-hybridized carbons (Fsp3) is 0.700. The lowest BCUT2D eigenvalue weighted by Crippen LogP contribution is -2.45. The van der Waals surface area contributed by atoms with Gasteiger partial charge >= 0.3 is 6.18 Å². The van der Waals surface area contributed by atoms with Crippen LogP contribution in [0.1, 0.15) is 37.7 Å². The van der Waals surface area contributed by atoms with Crippen LogP contribution in [0.15, 0.2) is 17.3 Å². The van der Waals surface area contributed by atoms with Crippen molar-refractivity contribution in [1.82, 2.24) is 20.5 Å². The van der Waals surface area contributed by atoms with Gasteiger partial charge < -0.3 is 20.4 Å². The standard InChI is InChI=1S/C20H30ClF3N6.HI/c1-25-19(26-7-2-3-8-29-9-4-5-10-29)28-16-6-11-30(14-16)18-17(21)12-15(13-27-18)20(22,23)24;/h12-13,16H,2-11,14H2,1H3,(H2,25,26,28);1H. The van der Waals surface area contributed by atoms with Crippen molar-refractivity contribution in [2.75, 3.05) is 51.2 Å². The number of anilines is 1. The lowest BCUT2D eigenvalue weighted by Gasteiger charge is -2.21. The van der Waals surface area contributed by atoms with Gasteiger partial charge in [-0.05, 0) is 57.8 Å². The molecule has 176 valence electrons. The van der Waals surface area contributed by atoms with Gasteiger partial charge in [-0.3, -0.25) is 4.99 Å². The summed E-state index contributed by atoms with van der Waals surface area (Å²) in [5.74, 6) is 1.13. The van der Waals surface area contributed by atoms with Crippen molar-refractivity contribution in [2.24, 2.45) is 4.99 Å². The van der Waals surface area contributed by atoms with Crippen molar-refractivity contribution in [3.8, 4) is 0 Å². The molecular formula is C20H31ClF3IN6. The van der Waals surface area contributed by atoms with Gasteiger partial charge in [0, 0.05) is 38.9 Å². The molecule has 0 bridgehead atoms. The number of aliphatic imine (C=N–C) groups is 1. The highest BCUT2D eigenvalue weighted by Crippen LogP contribution is 2.34. The van der Waals surface area contributed by atoms with E-state index in [0.29, 0.717) is 18.9 Å². The predicted octanol–water partition coefficient (Wildman–Crippen LogP) is 3.99. The van der Waals surface area contributed by atoms with E-state index in [1.165, 1.54) is 32.4 Å². The zero-order chi connectivity index (χ0) is 21.6. The molecule has 31 heavy (non-hydrogen) atoms. The summed E-state index contributed by atoms with van der Waals surface area (Å²) in [5.41, 5.74) is -0.834. The molecule has 2 N–H and O–H groups in total. The third-order valence-electron chi connectivity index (χ3n) is 5.59. The number of halogens is 5. The van der Waals surface area contributed by atoms with Crippen LogP contribution in [0.2, 0.25) is 5.02 Å². The fourth-order valence-electron chi connectivity index (χ4n) is 3.95. The number of likely N-dealkylation sites (tertiary alicyclic amines) is 1. The highest BCUT2D eigenvalue weighted by Gasteiger charge is 2.33. The topological polar surface area (TPSA) is 55.8 Å². The lowest BCUT2D eigenvalue weighted by molar-refractivity contribution is -0.137. The number of aromatic nitrogens is 1. The molecule has 0 spiro atoms. The van der Waals surface area contributed by atoms with E-state index in [0.717, 1.165) is 44.2 Å². The monoisotopic (exact) mass is 574 g/mol. The molecule has 2 aliphatic heterocycles. The number of nitrogens with zero attached hydrogens (tertiary/aromatic N) is 4. The first-order valence-corrected chi connectivity index (χ1v) is 10.9. The zero-order valence-corrected chi connectivity index (χ0v) is 20.8. The number of hydrogen-bond donors (Lipinski definition) is 2. The SMILES string of the molecule is CN=C(NCCCCN1CCCC1)NC1CCN(c2ncc(C(F)(F)F)cc2Cl)C1.I. The lowest BCUT2D eigenvalue weighted by atomic mass is 10.2. The van der Waals surface area contributed by atoms with E-state index in [1.54, 1.807) is 7.05 Å². The maximum absolute atomic E-state index is 12.8. The van der Waals surface area contributed by atoms with E-state index in [2.05, 4.69) is 25.5 Å². The first-order valence-electron chi connectivity index (χ1n) is 10.5. The van der Waals surface area contributed by atoms with Gasteiger partial charge in [-0.1, -0.05) is 11.6 Å². The minimum Gasteiger partial charge on any atom is -0.356 e. The van der Waals surface area contributed by atoms with Gasteiger partial charge in [0.1, 0.15) is 5.82 Å². The molecule has 2 saturated heterocycles. The number of nitrogens with one attached hydrogen (secondary N) is 2. The molecule has 3 heterocycles. The van der Waals surface area contributed by atoms with Crippen LogP contribution in [-0.4, -0.2) is 68.2 Å². The first-order chi connectivity index (χ1) is 14.4. The second-order valence-corrected chi connectivity index (χ2v) is 8.27. The summed E-state index contributed by atoms with van der Waals surface area (Å²) in [6.45, 7) is 5.75. The number of hydrogen-bond acceptors (Lipinski definition) is 4. The van der Waals surface area contributed by atoms with E-state index in [9.17, 15) is 13.2 Å². The van der Waals surface area contributed by atoms with Crippen LogP contribution in [0.3, 0.4) is 0 Å². The quantitative estimate of drug-likeness (QED) is 0.223. The van der Waals surface area contributed by atoms with E-state index in [-0.39, 0.29) is 35.0 Å². The van der Waals surface area contributed by atoms with Crippen molar-refractivity contribution >= 4 is 47.4 Å². The Labute approximate surface area is 204 Å². The van der Waals surface area contributed by atoms with E-state index < -0.39 is 11.7 Å². The van der Waals surface area contributed by atoms with Gasteiger partial charge in [-0.2, -0.15) is 13.2 Å². The number of rotatable bonds is 7. The van der Waals surface area contributed by atoms with Crippen molar-refractivity contribution in [1.29, 1.82) is 0 Å². The number of alkyl halides is 3. The Morgan fingerprint density at radius 1 is 1.26 bits per heavy atom. The van der Waals surface area contributed by atoms with Gasteiger partial charge in [0.15, 0.2) is 5.96 Å². The van der Waals surface area contributed by atoms with Crippen LogP contribution >= 0.6 is 35.6 Å². The van der Waals surface area contributed by atoms with Crippen LogP contribution in [-0.2, 0) is 6.18 Å². The Hall–Kier alpha value is -1.01. The minimum absolute atomic E-state index is 0. The highest BCUT2D eigenvalue weighted by molar-refractivity contribution is 14.0. The van der Waals surface area contributed by atoms with Gasteiger partial charge in [-0.15, -0.1) is 24.0 Å². The Morgan fingerprint density at radius 2 is 2.00 bits per heavy atom. The molecular weight excluding hydrogens is 544 g/mol. The predicted molar refractivity (Wildman–Crippen MR) is 130 cm³/mol. The minimum atomic E-state index is -4.45. The molecule has 2 fully saturated rings. The van der Waals surface area contributed by atoms with Crippen LogP contribution < -0.4 is 15.5 Å². The molecule has 0 aromatic carbocycles. The summed E-state index contributed by atoms with van der Waals surface area (Å²) < 4.78 is 38.4. The molecule has 1 unspecified atom stereocenters. The van der Waals surface area contributed by atoms with Crippen molar-refractivity contribution in [3.63, 3.8) is 0 Å². The third kappa shape index (κ3) is 7.81. The fourth-order valence-corrected chi connectivity index (χ4v) is 4.24. The number of guanidine groups is 1. The molecule has 0 aliphatic carbocycles. The smallest absolute Gasteiger partial charge is 0.356 e. The largest absolute Gasteiger partial charge is 0.417 e. The number of unbranched alkanes of at least 4 members (excludes halogenated alkanes) is 1. The van der Waals surface area contributed by atoms with Gasteiger partial charge in [0.25, 0.3) is 0 Å². The van der Waals surface area contributed by atoms with Crippen LogP contribution in [0.4, 0.5) is 19.0 Å². The Morgan fingerprint density at radius 3 is 2.65 bits per heavy atom. The molecule has 1 aromatic rings. The summed E-state index contributed by atoms with van der Waals surface area (Å²) in [7, 11) is 1.74. The van der Waals surface area contributed by atoms with E-state index in [1.807, 2.05) is 4.90 Å². The summed E-state index contributed by atoms with van der Waals surface area (Å²) in [5, 5.41) is 6.75. The van der Waals surface area contributed by atoms with Crippen LogP contribution in [0.25, 0.3) is 0 Å². The van der Waals surface area contributed by atoms with Crippen LogP contribution in [0.5, 0.6) is 0 Å². The van der Waals surface area contributed by atoms with Crippen molar-refractivity contribution < 1.29 is 13.2 Å². The first kappa shape index (κ1) is 26.2. The maximum Gasteiger partial charge on any atom is 0.417 e.